The molecular weight excluding hydrogens is 408 g/mol. The first kappa shape index (κ1) is 26.5. The Labute approximate surface area is 203 Å². The summed E-state index contributed by atoms with van der Waals surface area (Å²) in [7, 11) is 0. The van der Waals surface area contributed by atoms with Crippen molar-refractivity contribution in [2.24, 2.45) is 39.9 Å². The smallest absolute Gasteiger partial charge is 0.303 e. The Bertz CT molecular complexity index is 790. The third-order valence-electron chi connectivity index (χ3n) is 11.1. The maximum Gasteiger partial charge on any atom is 0.303 e. The topological polar surface area (TPSA) is 57.5 Å². The second-order valence-electron chi connectivity index (χ2n) is 13.2. The van der Waals surface area contributed by atoms with Gasteiger partial charge in [-0.25, -0.2) is 0 Å². The summed E-state index contributed by atoms with van der Waals surface area (Å²) in [6.07, 6.45) is 11.9. The Kier molecular flexibility index (Phi) is 7.37. The van der Waals surface area contributed by atoms with E-state index in [2.05, 4.69) is 61.1 Å². The fraction of sp³-hybridized carbons (Fsp3) is 0.833. The van der Waals surface area contributed by atoms with E-state index in [4.69, 9.17) is 0 Å². The number of aliphatic carboxylic acids is 1. The number of aliphatic hydroxyl groups is 1. The molecule has 3 rings (SSSR count). The number of allylic oxidation sites excluding steroid dienone is 3. The van der Waals surface area contributed by atoms with Crippen molar-refractivity contribution in [3.63, 3.8) is 0 Å². The van der Waals surface area contributed by atoms with Crippen molar-refractivity contribution < 1.29 is 15.0 Å². The van der Waals surface area contributed by atoms with Crippen LogP contribution < -0.4 is 0 Å². The molecule has 0 unspecified atom stereocenters. The lowest BCUT2D eigenvalue weighted by Gasteiger charge is -2.66. The normalized spacial score (nSPS) is 42.1. The molecule has 0 spiro atoms. The lowest BCUT2D eigenvalue weighted by molar-refractivity contribution is -0.179. The van der Waals surface area contributed by atoms with Crippen LogP contribution >= 0.6 is 0 Å². The van der Waals surface area contributed by atoms with E-state index in [0.29, 0.717) is 23.7 Å². The number of hydrogen-bond acceptors (Lipinski definition) is 2. The fourth-order valence-electron chi connectivity index (χ4n) is 9.23. The van der Waals surface area contributed by atoms with E-state index in [-0.39, 0.29) is 22.7 Å². The molecule has 33 heavy (non-hydrogen) atoms. The van der Waals surface area contributed by atoms with Crippen molar-refractivity contribution >= 4 is 5.97 Å². The van der Waals surface area contributed by atoms with E-state index in [9.17, 15) is 15.0 Å². The molecule has 3 saturated carbocycles. The number of rotatable bonds is 8. The maximum absolute atomic E-state index is 11.6. The van der Waals surface area contributed by atoms with Crippen LogP contribution in [0.3, 0.4) is 0 Å². The van der Waals surface area contributed by atoms with Gasteiger partial charge in [0.1, 0.15) is 0 Å². The molecule has 0 aliphatic heterocycles. The van der Waals surface area contributed by atoms with Gasteiger partial charge in [-0.3, -0.25) is 4.79 Å². The summed E-state index contributed by atoms with van der Waals surface area (Å²) in [6, 6.07) is 0. The van der Waals surface area contributed by atoms with Gasteiger partial charge in [0.05, 0.1) is 5.60 Å². The average molecular weight is 459 g/mol. The van der Waals surface area contributed by atoms with E-state index in [1.54, 1.807) is 0 Å². The van der Waals surface area contributed by atoms with Crippen LogP contribution in [-0.4, -0.2) is 21.8 Å². The van der Waals surface area contributed by atoms with Gasteiger partial charge < -0.3 is 10.2 Å². The van der Waals surface area contributed by atoms with Gasteiger partial charge in [0.25, 0.3) is 0 Å². The minimum absolute atomic E-state index is 0.0186. The highest BCUT2D eigenvalue weighted by Crippen LogP contribution is 2.74. The molecule has 0 heterocycles. The summed E-state index contributed by atoms with van der Waals surface area (Å²) in [4.78, 5) is 11.6. The number of carboxylic acid groups (broad SMARTS) is 1. The monoisotopic (exact) mass is 458 g/mol. The molecule has 3 aliphatic carbocycles. The average Bonchev–Trinajstić information content (AvgIpc) is 3.05. The number of fused-ring (bicyclic) bond motifs is 3. The van der Waals surface area contributed by atoms with E-state index >= 15 is 0 Å². The fourth-order valence-corrected chi connectivity index (χ4v) is 9.23. The highest BCUT2D eigenvalue weighted by Gasteiger charge is 2.67. The molecule has 3 nitrogen and oxygen atoms in total. The van der Waals surface area contributed by atoms with Gasteiger partial charge in [-0.05, 0) is 125 Å². The molecule has 3 heteroatoms. The summed E-state index contributed by atoms with van der Waals surface area (Å²) in [5.41, 5.74) is 2.29. The Morgan fingerprint density at radius 2 is 1.70 bits per heavy atom. The first-order chi connectivity index (χ1) is 15.2. The van der Waals surface area contributed by atoms with Crippen LogP contribution in [0, 0.1) is 39.9 Å². The summed E-state index contributed by atoms with van der Waals surface area (Å²) >= 11 is 0. The molecule has 188 valence electrons. The second kappa shape index (κ2) is 9.17. The van der Waals surface area contributed by atoms with Crippen LogP contribution in [0.4, 0.5) is 0 Å². The van der Waals surface area contributed by atoms with Crippen molar-refractivity contribution in [2.75, 3.05) is 0 Å². The Balaban J connectivity index is 1.91. The zero-order valence-corrected chi connectivity index (χ0v) is 22.5. The Morgan fingerprint density at radius 1 is 1.06 bits per heavy atom. The molecule has 3 fully saturated rings. The van der Waals surface area contributed by atoms with Gasteiger partial charge in [0, 0.05) is 6.42 Å². The summed E-state index contributed by atoms with van der Waals surface area (Å²) < 4.78 is 0. The largest absolute Gasteiger partial charge is 0.481 e. The Morgan fingerprint density at radius 3 is 2.27 bits per heavy atom. The van der Waals surface area contributed by atoms with Gasteiger partial charge in [0.15, 0.2) is 0 Å². The van der Waals surface area contributed by atoms with Crippen LogP contribution in [-0.2, 0) is 4.79 Å². The summed E-state index contributed by atoms with van der Waals surface area (Å²) in [5, 5.41) is 21.1. The highest BCUT2D eigenvalue weighted by atomic mass is 16.4. The molecule has 0 aromatic carbocycles. The lowest BCUT2D eigenvalue weighted by atomic mass is 9.38. The van der Waals surface area contributed by atoms with E-state index in [0.717, 1.165) is 44.9 Å². The molecule has 3 aliphatic rings. The first-order valence-corrected chi connectivity index (χ1v) is 13.4. The molecular formula is C30H50O3. The molecule has 0 amide bonds. The van der Waals surface area contributed by atoms with Crippen molar-refractivity contribution in [2.45, 2.75) is 118 Å². The minimum Gasteiger partial charge on any atom is -0.481 e. The maximum atomic E-state index is 11.6. The molecule has 0 aromatic heterocycles. The first-order valence-electron chi connectivity index (χ1n) is 13.4. The predicted octanol–water partition coefficient (Wildman–Crippen LogP) is 7.79. The molecule has 2 N–H and O–H groups in total. The zero-order chi connectivity index (χ0) is 24.8. The van der Waals surface area contributed by atoms with Gasteiger partial charge >= 0.3 is 5.97 Å². The van der Waals surface area contributed by atoms with E-state index in [1.807, 2.05) is 0 Å². The van der Waals surface area contributed by atoms with E-state index < -0.39 is 11.6 Å². The highest BCUT2D eigenvalue weighted by molar-refractivity contribution is 5.66. The third kappa shape index (κ3) is 4.48. The summed E-state index contributed by atoms with van der Waals surface area (Å²) in [5.74, 6) is 1.13. The Hall–Kier alpha value is -1.09. The number of carbonyl (C=O) groups is 1. The van der Waals surface area contributed by atoms with Crippen molar-refractivity contribution in [3.05, 3.63) is 23.8 Å². The van der Waals surface area contributed by atoms with Gasteiger partial charge in [-0.2, -0.15) is 0 Å². The van der Waals surface area contributed by atoms with E-state index in [1.165, 1.54) is 24.0 Å². The van der Waals surface area contributed by atoms with Crippen LogP contribution in [0.1, 0.15) is 113 Å². The van der Waals surface area contributed by atoms with Crippen LogP contribution in [0.15, 0.2) is 23.8 Å². The van der Waals surface area contributed by atoms with Gasteiger partial charge in [-0.1, -0.05) is 44.6 Å². The molecule has 0 saturated heterocycles. The molecule has 0 aromatic rings. The number of hydrogen-bond donors (Lipinski definition) is 2. The zero-order valence-electron chi connectivity index (χ0n) is 22.5. The number of carboxylic acids is 1. The van der Waals surface area contributed by atoms with Gasteiger partial charge in [0.2, 0.25) is 0 Å². The lowest BCUT2D eigenvalue weighted by Crippen LogP contribution is -2.60. The van der Waals surface area contributed by atoms with Crippen molar-refractivity contribution in [1.29, 1.82) is 0 Å². The quantitative estimate of drug-likeness (QED) is 0.365. The predicted molar refractivity (Wildman–Crippen MR) is 137 cm³/mol. The van der Waals surface area contributed by atoms with Crippen LogP contribution in [0.2, 0.25) is 0 Å². The second-order valence-corrected chi connectivity index (χ2v) is 13.2. The standard InChI is InChI=1S/C30H50O3/c1-20(2)10-9-16-30(8,33)24-14-18-28(6)23(24)11-12-25-27(5,17-15-26(31)32)22(21(3)4)13-19-29(25,28)7/h10,22-25,33H,3,9,11-19H2,1-2,4-8H3,(H,31,32)/t22-,23+,24-,25+,27-,28+,29+,30-/m0/s1. The third-order valence-corrected chi connectivity index (χ3v) is 11.1. The van der Waals surface area contributed by atoms with Crippen LogP contribution in [0.25, 0.3) is 0 Å². The molecule has 8 atom stereocenters. The van der Waals surface area contributed by atoms with Crippen LogP contribution in [0.5, 0.6) is 0 Å². The van der Waals surface area contributed by atoms with Crippen molar-refractivity contribution in [1.82, 2.24) is 0 Å². The molecule has 0 radical (unpaired) electrons. The summed E-state index contributed by atoms with van der Waals surface area (Å²) in [6.45, 7) is 20.3. The van der Waals surface area contributed by atoms with Crippen molar-refractivity contribution in [3.8, 4) is 0 Å². The molecule has 0 bridgehead atoms. The SMILES string of the molecule is C=C(C)[C@@H]1CC[C@]2(C)[C@H](CC[C@@H]3[C@@H]([C@@](C)(O)CCC=C(C)C)CC[C@]32C)[C@@]1(C)CCC(=O)O. The van der Waals surface area contributed by atoms with Gasteiger partial charge in [-0.15, -0.1) is 0 Å². The minimum atomic E-state index is -0.683.